The van der Waals surface area contributed by atoms with Crippen LogP contribution in [0.15, 0.2) is 93.5 Å². The first-order valence-electron chi connectivity index (χ1n) is 22.7. The summed E-state index contributed by atoms with van der Waals surface area (Å²) in [5, 5.41) is 65.7. The van der Waals surface area contributed by atoms with Crippen molar-refractivity contribution in [2.45, 2.75) is 119 Å². The minimum Gasteiger partial charge on any atom is -0.726 e. The summed E-state index contributed by atoms with van der Waals surface area (Å²) in [5.41, 5.74) is 23.9. The fourth-order valence-corrected chi connectivity index (χ4v) is 10.4. The summed E-state index contributed by atoms with van der Waals surface area (Å²) >= 11 is 0. The van der Waals surface area contributed by atoms with Gasteiger partial charge in [0.05, 0.1) is 29.5 Å². The number of methoxy groups -OCH3 is 1. The third-order valence-corrected chi connectivity index (χ3v) is 15.2. The van der Waals surface area contributed by atoms with Gasteiger partial charge in [0.25, 0.3) is 30.4 Å². The minimum atomic E-state index is -4.94. The fraction of sp³-hybridized carbons (Fsp3) is 0.452. The molecule has 0 amide bonds. The van der Waals surface area contributed by atoms with Crippen LogP contribution in [-0.4, -0.2) is 220 Å². The van der Waals surface area contributed by atoms with Crippen molar-refractivity contribution in [2.24, 2.45) is 17.2 Å². The highest BCUT2D eigenvalue weighted by Crippen LogP contribution is 2.36. The van der Waals surface area contributed by atoms with Gasteiger partial charge in [0.15, 0.2) is 18.9 Å². The van der Waals surface area contributed by atoms with Crippen LogP contribution in [0.5, 0.6) is 5.75 Å². The SMILES string of the molecule is COc1ccc(-c2cc(-c3ccc(S(=O)(=O)O)cc3)[n+](CC3OC(OC4C(N)CC(N)C(OC5OC(CO)C(O)C(N)C5O)C4O)C([NH3+])C(O)C3O)c(-c3ccc(S(=O)(=O)O)cc3)c2)cc1S(=O)(=O)O.O.O.O.O.O.O=S(=O)([O-])O.[O-][Cl+3]([O-])([O-])[O-]. The normalized spacial score (nSPS) is 27.8. The molecular formula is C42H66ClN5O33S4. The zero-order valence-electron chi connectivity index (χ0n) is 43.5. The average Bonchev–Trinajstić information content (AvgIpc) is 1.87. The van der Waals surface area contributed by atoms with Crippen LogP contribution in [0.25, 0.3) is 33.6 Å². The van der Waals surface area contributed by atoms with Gasteiger partial charge >= 0.3 is 0 Å². The second-order valence-electron chi connectivity index (χ2n) is 18.0. The first-order chi connectivity index (χ1) is 36.7. The van der Waals surface area contributed by atoms with Gasteiger partial charge in [-0.1, -0.05) is 6.07 Å². The summed E-state index contributed by atoms with van der Waals surface area (Å²) < 4.78 is 201. The molecule has 1 saturated carbocycles. The number of hydrogen-bond acceptors (Lipinski definition) is 27. The molecule has 3 fully saturated rings. The van der Waals surface area contributed by atoms with E-state index in [0.29, 0.717) is 0 Å². The second kappa shape index (κ2) is 31.7. The predicted octanol–water partition coefficient (Wildman–Crippen LogP) is -14.1. The Bertz CT molecular complexity index is 3130. The highest BCUT2D eigenvalue weighted by molar-refractivity contribution is 7.86. The number of nitrogens with two attached hydrogens (primary N) is 3. The molecule has 43 heteroatoms. The Hall–Kier alpha value is -4.42. The van der Waals surface area contributed by atoms with E-state index in [1.165, 1.54) is 60.2 Å². The monoisotopic (exact) mass is 1330 g/mol. The summed E-state index contributed by atoms with van der Waals surface area (Å²) in [7, 11) is -22.9. The maximum atomic E-state index is 12.5. The average molecular weight is 1330 g/mol. The van der Waals surface area contributed by atoms with E-state index in [4.69, 9.17) is 77.0 Å². The number of pyridine rings is 1. The molecular weight excluding hydrogens is 1270 g/mol. The van der Waals surface area contributed by atoms with Crippen molar-refractivity contribution >= 4 is 40.8 Å². The van der Waals surface area contributed by atoms with E-state index in [2.05, 4.69) is 5.73 Å². The van der Waals surface area contributed by atoms with Gasteiger partial charge in [-0.2, -0.15) is 29.8 Å². The Labute approximate surface area is 484 Å². The molecule has 1 aromatic heterocycles. The van der Waals surface area contributed by atoms with Crippen molar-refractivity contribution in [1.82, 2.24) is 0 Å². The Morgan fingerprint density at radius 3 is 1.38 bits per heavy atom. The topological polar surface area (TPSA) is 767 Å². The van der Waals surface area contributed by atoms with Crippen molar-refractivity contribution < 1.29 is 177 Å². The van der Waals surface area contributed by atoms with Gasteiger partial charge < -0.3 is 109 Å². The van der Waals surface area contributed by atoms with Gasteiger partial charge in [0.2, 0.25) is 28.1 Å². The molecule has 15 unspecified atom stereocenters. The molecule has 0 radical (unpaired) electrons. The molecule has 2 aliphatic heterocycles. The van der Waals surface area contributed by atoms with E-state index in [1.807, 2.05) is 0 Å². The van der Waals surface area contributed by atoms with Crippen LogP contribution in [0.3, 0.4) is 0 Å². The highest BCUT2D eigenvalue weighted by Gasteiger charge is 2.53. The van der Waals surface area contributed by atoms with Crippen LogP contribution in [0.4, 0.5) is 0 Å². The molecule has 7 rings (SSSR count). The van der Waals surface area contributed by atoms with Crippen molar-refractivity contribution in [1.29, 1.82) is 0 Å². The van der Waals surface area contributed by atoms with Crippen molar-refractivity contribution in [3.8, 4) is 39.4 Å². The second-order valence-corrected chi connectivity index (χ2v) is 23.8. The quantitative estimate of drug-likeness (QED) is 0.0317. The number of rotatable bonds is 14. The Kier molecular flexibility index (Phi) is 30.0. The standard InChI is InChI=1S/C42H53N5O20S3.ClHO4.H2O4S.5H2O/c1-63-28-11-6-20(14-31(28)70(60,61)62)21-12-26(18-2-7-22(8-3-18)68(54,55)56)47(27(13-21)19-4-9-23(10-5-19)69(57,58)59)16-29-35(50)36(51)33(46)41(64-29)66-39-24(43)15-25(44)40(38(39)53)67-42-37(52)32(45)34(49)30(17-48)65-42;2-1(3,4)5;1-5(2,3)4;;;;;/h2-14,24-25,29-30,32-42,48-53H,15-17,43-46H2,1H3,(H2-,54,55,56,57,58,59,60,61,62);(H,2,3,4,5);(H2,1,2,3,4);5*1H2. The molecule has 4 aromatic rings. The number of aliphatic hydroxyl groups excluding tert-OH is 6. The van der Waals surface area contributed by atoms with Crippen molar-refractivity contribution in [3.05, 3.63) is 78.9 Å². The van der Waals surface area contributed by atoms with Crippen LogP contribution in [-0.2, 0) is 66.2 Å². The molecule has 85 heavy (non-hydrogen) atoms. The summed E-state index contributed by atoms with van der Waals surface area (Å²) in [6.45, 7) is -1.12. The van der Waals surface area contributed by atoms with E-state index in [-0.39, 0.29) is 73.2 Å². The lowest BCUT2D eigenvalue weighted by Crippen LogP contribution is -2.79. The predicted molar refractivity (Wildman–Crippen MR) is 269 cm³/mol. The van der Waals surface area contributed by atoms with E-state index in [0.717, 1.165) is 30.3 Å². The third kappa shape index (κ3) is 21.1. The van der Waals surface area contributed by atoms with E-state index < -0.39 is 171 Å². The molecule has 1 aliphatic carbocycles. The maximum Gasteiger partial charge on any atom is 0.298 e. The zero-order valence-corrected chi connectivity index (χ0v) is 47.5. The Balaban J connectivity index is 0.00000434. The molecule has 3 heterocycles. The molecule has 488 valence electrons. The number of benzene rings is 3. The van der Waals surface area contributed by atoms with Crippen LogP contribution in [0.2, 0.25) is 0 Å². The van der Waals surface area contributed by atoms with Gasteiger partial charge in [0, 0.05) is 35.3 Å². The Morgan fingerprint density at radius 2 is 0.988 bits per heavy atom. The van der Waals surface area contributed by atoms with Crippen LogP contribution >= 0.6 is 0 Å². The molecule has 3 aliphatic rings. The van der Waals surface area contributed by atoms with Gasteiger partial charge in [-0.25, -0.2) is 27.1 Å². The number of aromatic nitrogens is 1. The van der Waals surface area contributed by atoms with Crippen molar-refractivity contribution in [2.75, 3.05) is 13.7 Å². The first-order valence-corrected chi connectivity index (χ1v) is 29.6. The summed E-state index contributed by atoms with van der Waals surface area (Å²) in [6.07, 6.45) is -16.9. The lowest BCUT2D eigenvalue weighted by Gasteiger charge is -2.47. The molecule has 3 aromatic carbocycles. The van der Waals surface area contributed by atoms with Gasteiger partial charge in [-0.15, -0.1) is 10.2 Å². The number of nitrogens with zero attached hydrogens (tertiary/aromatic N) is 1. The van der Waals surface area contributed by atoms with E-state index in [9.17, 15) is 69.6 Å². The molecule has 0 spiro atoms. The molecule has 38 nitrogen and oxygen atoms in total. The Morgan fingerprint density at radius 1 is 0.588 bits per heavy atom. The van der Waals surface area contributed by atoms with Crippen LogP contribution in [0.1, 0.15) is 6.42 Å². The fourth-order valence-electron chi connectivity index (χ4n) is 8.75. The first kappa shape index (κ1) is 80.6. The van der Waals surface area contributed by atoms with E-state index >= 15 is 0 Å². The van der Waals surface area contributed by atoms with Gasteiger partial charge in [-0.3, -0.25) is 18.2 Å². The molecule has 15 atom stereocenters. The molecule has 0 bridgehead atoms. The van der Waals surface area contributed by atoms with Crippen LogP contribution < -0.4 is 50.9 Å². The van der Waals surface area contributed by atoms with Gasteiger partial charge in [0.1, 0.15) is 65.6 Å². The van der Waals surface area contributed by atoms with Gasteiger partial charge in [-0.05, 0) is 78.2 Å². The lowest BCUT2D eigenvalue weighted by atomic mass is 9.84. The maximum absolute atomic E-state index is 12.5. The lowest BCUT2D eigenvalue weighted by molar-refractivity contribution is -2.00. The van der Waals surface area contributed by atoms with Crippen LogP contribution in [0, 0.1) is 10.2 Å². The largest absolute Gasteiger partial charge is 0.726 e. The number of aliphatic hydroxyl groups is 6. The van der Waals surface area contributed by atoms with E-state index in [1.54, 1.807) is 0 Å². The van der Waals surface area contributed by atoms with Crippen molar-refractivity contribution in [3.63, 3.8) is 0 Å². The molecule has 2 saturated heterocycles. The highest BCUT2D eigenvalue weighted by atomic mass is 35.7. The minimum absolute atomic E-state index is 0. The summed E-state index contributed by atoms with van der Waals surface area (Å²) in [6, 6.07) is 11.9. The number of quaternary nitrogens is 1. The number of ether oxygens (including phenoxy) is 5. The third-order valence-electron chi connectivity index (χ3n) is 12.6. The number of halogens is 1. The zero-order chi connectivity index (χ0) is 60.4. The summed E-state index contributed by atoms with van der Waals surface area (Å²) in [4.78, 5) is -1.58. The smallest absolute Gasteiger partial charge is 0.298 e. The summed E-state index contributed by atoms with van der Waals surface area (Å²) in [5.74, 6) is -0.201. The number of hydrogen-bond donors (Lipinski definition) is 14. The molecule has 29 N–H and O–H groups in total.